The lowest BCUT2D eigenvalue weighted by molar-refractivity contribution is 0.143. The number of carbonyl (C=O) groups is 1. The molecule has 0 aliphatic carbocycles. The van der Waals surface area contributed by atoms with Gasteiger partial charge in [-0.2, -0.15) is 0 Å². The molecule has 3 rings (SSSR count). The summed E-state index contributed by atoms with van der Waals surface area (Å²) < 4.78 is 40.1. The summed E-state index contributed by atoms with van der Waals surface area (Å²) in [5, 5.41) is 2.30. The van der Waals surface area contributed by atoms with E-state index in [1.54, 1.807) is 12.1 Å². The van der Waals surface area contributed by atoms with Crippen LogP contribution in [0.2, 0.25) is 0 Å². The molecule has 0 saturated carbocycles. The van der Waals surface area contributed by atoms with Crippen LogP contribution in [0.15, 0.2) is 42.5 Å². The highest BCUT2D eigenvalue weighted by atomic mass is 19.1. The van der Waals surface area contributed by atoms with Crippen LogP contribution < -0.4 is 5.32 Å². The summed E-state index contributed by atoms with van der Waals surface area (Å²) in [6, 6.07) is 9.22. The summed E-state index contributed by atoms with van der Waals surface area (Å²) in [6.45, 7) is 2.82. The van der Waals surface area contributed by atoms with Gasteiger partial charge in [-0.15, -0.1) is 0 Å². The van der Waals surface area contributed by atoms with Crippen molar-refractivity contribution in [2.45, 2.75) is 6.54 Å². The van der Waals surface area contributed by atoms with Gasteiger partial charge in [-0.3, -0.25) is 4.90 Å². The molecular weight excluding hydrogens is 331 g/mol. The molecule has 0 unspecified atom stereocenters. The van der Waals surface area contributed by atoms with Gasteiger partial charge in [0.2, 0.25) is 0 Å². The summed E-state index contributed by atoms with van der Waals surface area (Å²) in [5.41, 5.74) is 0.564. The molecule has 1 N–H and O–H groups in total. The minimum absolute atomic E-state index is 0.273. The topological polar surface area (TPSA) is 35.6 Å². The summed E-state index contributed by atoms with van der Waals surface area (Å²) in [7, 11) is 0. The second kappa shape index (κ2) is 7.57. The van der Waals surface area contributed by atoms with Crippen molar-refractivity contribution in [3.63, 3.8) is 0 Å². The van der Waals surface area contributed by atoms with Crippen molar-refractivity contribution >= 4 is 11.7 Å². The number of carbonyl (C=O) groups excluding carboxylic acids is 1. The molecule has 2 amide bonds. The Morgan fingerprint density at radius 2 is 1.52 bits per heavy atom. The van der Waals surface area contributed by atoms with E-state index in [1.165, 1.54) is 23.1 Å². The third kappa shape index (κ3) is 4.30. The SMILES string of the molecule is O=C(Nc1c(F)cccc1F)N1CCN(Cc2ccc(F)cc2)CC1. The number of piperazine rings is 1. The number of amides is 2. The Labute approximate surface area is 143 Å². The zero-order chi connectivity index (χ0) is 17.8. The molecule has 1 aliphatic rings. The number of urea groups is 1. The molecule has 132 valence electrons. The molecule has 2 aromatic rings. The smallest absolute Gasteiger partial charge is 0.322 e. The number of benzene rings is 2. The van der Waals surface area contributed by atoms with Gasteiger partial charge in [0.1, 0.15) is 23.1 Å². The molecule has 2 aromatic carbocycles. The van der Waals surface area contributed by atoms with Crippen molar-refractivity contribution in [1.29, 1.82) is 0 Å². The van der Waals surface area contributed by atoms with Crippen molar-refractivity contribution in [3.05, 3.63) is 65.5 Å². The zero-order valence-electron chi connectivity index (χ0n) is 13.5. The first-order chi connectivity index (χ1) is 12.0. The predicted octanol–water partition coefficient (Wildman–Crippen LogP) is 3.45. The van der Waals surface area contributed by atoms with Gasteiger partial charge in [-0.1, -0.05) is 18.2 Å². The van der Waals surface area contributed by atoms with Gasteiger partial charge >= 0.3 is 6.03 Å². The van der Waals surface area contributed by atoms with Gasteiger partial charge in [0.25, 0.3) is 0 Å². The minimum atomic E-state index is -0.803. The molecule has 0 atom stereocenters. The van der Waals surface area contributed by atoms with Gasteiger partial charge in [0.15, 0.2) is 0 Å². The van der Waals surface area contributed by atoms with Gasteiger partial charge in [0.05, 0.1) is 0 Å². The van der Waals surface area contributed by atoms with Gasteiger partial charge in [-0.05, 0) is 29.8 Å². The molecule has 7 heteroatoms. The van der Waals surface area contributed by atoms with Crippen LogP contribution >= 0.6 is 0 Å². The van der Waals surface area contributed by atoms with Crippen molar-refractivity contribution in [2.24, 2.45) is 0 Å². The van der Waals surface area contributed by atoms with E-state index in [0.29, 0.717) is 32.7 Å². The maximum Gasteiger partial charge on any atom is 0.322 e. The van der Waals surface area contributed by atoms with Crippen molar-refractivity contribution in [1.82, 2.24) is 9.80 Å². The molecule has 1 fully saturated rings. The number of anilines is 1. The summed E-state index contributed by atoms with van der Waals surface area (Å²) in [4.78, 5) is 15.9. The fourth-order valence-electron chi connectivity index (χ4n) is 2.76. The van der Waals surface area contributed by atoms with Crippen LogP contribution in [0.4, 0.5) is 23.7 Å². The van der Waals surface area contributed by atoms with Crippen LogP contribution in [0.1, 0.15) is 5.56 Å². The third-order valence-electron chi connectivity index (χ3n) is 4.17. The Morgan fingerprint density at radius 1 is 0.920 bits per heavy atom. The molecule has 0 aromatic heterocycles. The Bertz CT molecular complexity index is 723. The highest BCUT2D eigenvalue weighted by molar-refractivity contribution is 5.89. The predicted molar refractivity (Wildman–Crippen MR) is 88.6 cm³/mol. The molecule has 0 bridgehead atoms. The first-order valence-corrected chi connectivity index (χ1v) is 7.99. The average molecular weight is 349 g/mol. The fraction of sp³-hybridized carbons (Fsp3) is 0.278. The lowest BCUT2D eigenvalue weighted by Crippen LogP contribution is -2.49. The number of hydrogen-bond acceptors (Lipinski definition) is 2. The largest absolute Gasteiger partial charge is 0.322 e. The van der Waals surface area contributed by atoms with Crippen LogP contribution in [0.3, 0.4) is 0 Å². The van der Waals surface area contributed by atoms with E-state index in [9.17, 15) is 18.0 Å². The van der Waals surface area contributed by atoms with E-state index in [2.05, 4.69) is 10.2 Å². The Morgan fingerprint density at radius 3 is 2.12 bits per heavy atom. The number of para-hydroxylation sites is 1. The molecule has 1 saturated heterocycles. The van der Waals surface area contributed by atoms with E-state index >= 15 is 0 Å². The highest BCUT2D eigenvalue weighted by Gasteiger charge is 2.22. The standard InChI is InChI=1S/C18H18F3N3O/c19-14-6-4-13(5-7-14)12-23-8-10-24(11-9-23)18(25)22-17-15(20)2-1-3-16(17)21/h1-7H,8-12H2,(H,22,25). The van der Waals surface area contributed by atoms with Gasteiger partial charge in [-0.25, -0.2) is 18.0 Å². The molecule has 1 aliphatic heterocycles. The second-order valence-corrected chi connectivity index (χ2v) is 5.92. The highest BCUT2D eigenvalue weighted by Crippen LogP contribution is 2.19. The lowest BCUT2D eigenvalue weighted by Gasteiger charge is -2.34. The maximum absolute atomic E-state index is 13.6. The normalized spacial score (nSPS) is 15.2. The van der Waals surface area contributed by atoms with Crippen LogP contribution in [0, 0.1) is 17.5 Å². The maximum atomic E-state index is 13.6. The first kappa shape index (κ1) is 17.3. The first-order valence-electron chi connectivity index (χ1n) is 7.99. The van der Waals surface area contributed by atoms with Crippen LogP contribution in [-0.2, 0) is 6.54 Å². The molecule has 0 radical (unpaired) electrons. The van der Waals surface area contributed by atoms with Gasteiger partial charge < -0.3 is 10.2 Å². The van der Waals surface area contributed by atoms with E-state index in [4.69, 9.17) is 0 Å². The average Bonchev–Trinajstić information content (AvgIpc) is 2.61. The second-order valence-electron chi connectivity index (χ2n) is 5.92. The third-order valence-corrected chi connectivity index (χ3v) is 4.17. The molecule has 25 heavy (non-hydrogen) atoms. The van der Waals surface area contributed by atoms with Crippen molar-refractivity contribution in [3.8, 4) is 0 Å². The Balaban J connectivity index is 1.53. The van der Waals surface area contributed by atoms with Crippen molar-refractivity contribution < 1.29 is 18.0 Å². The number of nitrogens with one attached hydrogen (secondary N) is 1. The summed E-state index contributed by atoms with van der Waals surface area (Å²) in [6.07, 6.45) is 0. The fourth-order valence-corrected chi connectivity index (χ4v) is 2.76. The Hall–Kier alpha value is -2.54. The lowest BCUT2D eigenvalue weighted by atomic mass is 10.2. The number of nitrogens with zero attached hydrogens (tertiary/aromatic N) is 2. The molecular formula is C18H18F3N3O. The van der Waals surface area contributed by atoms with Crippen molar-refractivity contribution in [2.75, 3.05) is 31.5 Å². The number of halogens is 3. The van der Waals surface area contributed by atoms with E-state index in [0.717, 1.165) is 17.7 Å². The van der Waals surface area contributed by atoms with Crippen LogP contribution in [-0.4, -0.2) is 42.0 Å². The molecule has 0 spiro atoms. The summed E-state index contributed by atoms with van der Waals surface area (Å²) >= 11 is 0. The summed E-state index contributed by atoms with van der Waals surface area (Å²) in [5.74, 6) is -1.88. The molecule has 1 heterocycles. The monoisotopic (exact) mass is 349 g/mol. The number of rotatable bonds is 3. The van der Waals surface area contributed by atoms with Crippen LogP contribution in [0.5, 0.6) is 0 Å². The Kier molecular flexibility index (Phi) is 5.23. The molecule has 4 nitrogen and oxygen atoms in total. The van der Waals surface area contributed by atoms with Crippen LogP contribution in [0.25, 0.3) is 0 Å². The van der Waals surface area contributed by atoms with E-state index in [1.807, 2.05) is 0 Å². The quantitative estimate of drug-likeness (QED) is 0.921. The van der Waals surface area contributed by atoms with E-state index < -0.39 is 23.4 Å². The zero-order valence-corrected chi connectivity index (χ0v) is 13.5. The number of hydrogen-bond donors (Lipinski definition) is 1. The minimum Gasteiger partial charge on any atom is -0.322 e. The van der Waals surface area contributed by atoms with Gasteiger partial charge in [0, 0.05) is 32.7 Å². The van der Waals surface area contributed by atoms with E-state index in [-0.39, 0.29) is 5.82 Å².